The highest BCUT2D eigenvalue weighted by Gasteiger charge is 2.52. The fourth-order valence-corrected chi connectivity index (χ4v) is 4.89. The molecule has 1 aromatic heterocycles. The lowest BCUT2D eigenvalue weighted by Crippen LogP contribution is -2.41. The van der Waals surface area contributed by atoms with Gasteiger partial charge in [0.15, 0.2) is 0 Å². The summed E-state index contributed by atoms with van der Waals surface area (Å²) < 4.78 is 36.4. The largest absolute Gasteiger partial charge is 0.494 e. The molecule has 36 heavy (non-hydrogen) atoms. The molecular weight excluding hydrogens is 458 g/mol. The van der Waals surface area contributed by atoms with E-state index in [1.165, 1.54) is 0 Å². The van der Waals surface area contributed by atoms with E-state index in [-0.39, 0.29) is 18.3 Å². The molecule has 0 saturated carbocycles. The molecule has 0 aliphatic carbocycles. The molecule has 4 heterocycles. The number of ether oxygens (including phenoxy) is 1. The van der Waals surface area contributed by atoms with Crippen LogP contribution in [0.25, 0.3) is 22.1 Å². The summed E-state index contributed by atoms with van der Waals surface area (Å²) in [5, 5.41) is 0.831. The van der Waals surface area contributed by atoms with Crippen LogP contribution in [0.1, 0.15) is 54.0 Å². The summed E-state index contributed by atoms with van der Waals surface area (Å²) in [7, 11) is -1.02. The van der Waals surface area contributed by atoms with Crippen molar-refractivity contribution in [1.29, 1.82) is 0 Å². The minimum absolute atomic E-state index is 0.0411. The van der Waals surface area contributed by atoms with E-state index < -0.39 is 31.1 Å². The van der Waals surface area contributed by atoms with Gasteiger partial charge in [0.25, 0.3) is 0 Å². The molecular formula is C27H30B2O7. The Morgan fingerprint density at radius 2 is 1.53 bits per heavy atom. The maximum atomic E-state index is 13.2. The summed E-state index contributed by atoms with van der Waals surface area (Å²) in [4.78, 5) is 13.2. The predicted octanol–water partition coefficient (Wildman–Crippen LogP) is 3.56. The van der Waals surface area contributed by atoms with Crippen LogP contribution < -0.4 is 21.3 Å². The van der Waals surface area contributed by atoms with Crippen molar-refractivity contribution >= 4 is 36.1 Å². The smallest absolute Gasteiger partial charge is 0.488 e. The predicted molar refractivity (Wildman–Crippen MR) is 139 cm³/mol. The Kier molecular flexibility index (Phi) is 5.10. The highest BCUT2D eigenvalue weighted by atomic mass is 16.7. The van der Waals surface area contributed by atoms with Crippen molar-refractivity contribution in [3.63, 3.8) is 0 Å². The second-order valence-corrected chi connectivity index (χ2v) is 11.5. The molecule has 1 atom stereocenters. The first kappa shape index (κ1) is 23.8. The van der Waals surface area contributed by atoms with E-state index in [0.29, 0.717) is 22.5 Å². The molecule has 6 rings (SSSR count). The molecule has 186 valence electrons. The average molecular weight is 488 g/mol. The average Bonchev–Trinajstić information content (AvgIpc) is 3.21. The molecule has 0 N–H and O–H groups in total. The fraction of sp³-hybridized carbons (Fsp3) is 0.444. The van der Waals surface area contributed by atoms with Crippen LogP contribution >= 0.6 is 0 Å². The fourth-order valence-electron chi connectivity index (χ4n) is 4.89. The molecule has 0 amide bonds. The van der Waals surface area contributed by atoms with Gasteiger partial charge in [0.1, 0.15) is 17.9 Å². The third kappa shape index (κ3) is 3.56. The number of fused-ring (bicyclic) bond motifs is 5. The monoisotopic (exact) mass is 488 g/mol. The van der Waals surface area contributed by atoms with Crippen molar-refractivity contribution < 1.29 is 27.8 Å². The molecule has 9 heteroatoms. The van der Waals surface area contributed by atoms with E-state index in [0.717, 1.165) is 21.9 Å². The van der Waals surface area contributed by atoms with Crippen molar-refractivity contribution in [2.75, 3.05) is 0 Å². The van der Waals surface area contributed by atoms with Crippen LogP contribution in [-0.4, -0.2) is 37.1 Å². The minimum atomic E-state index is -0.538. The normalized spacial score (nSPS) is 23.5. The van der Waals surface area contributed by atoms with Crippen LogP contribution in [0.15, 0.2) is 45.6 Å². The molecule has 3 aromatic rings. The van der Waals surface area contributed by atoms with Crippen molar-refractivity contribution in [3.05, 3.63) is 52.4 Å². The first-order chi connectivity index (χ1) is 16.9. The number of benzene rings is 2. The van der Waals surface area contributed by atoms with E-state index in [1.54, 1.807) is 0 Å². The van der Waals surface area contributed by atoms with Gasteiger partial charge in [-0.15, -0.1) is 0 Å². The van der Waals surface area contributed by atoms with E-state index in [4.69, 9.17) is 27.8 Å². The van der Waals surface area contributed by atoms with E-state index >= 15 is 0 Å². The Labute approximate surface area is 211 Å². The first-order valence-corrected chi connectivity index (χ1v) is 12.4. The molecule has 2 saturated heterocycles. The van der Waals surface area contributed by atoms with Gasteiger partial charge in [-0.25, -0.2) is 4.79 Å². The van der Waals surface area contributed by atoms with Crippen LogP contribution in [0, 0.1) is 0 Å². The van der Waals surface area contributed by atoms with Crippen molar-refractivity contribution in [2.24, 2.45) is 0 Å². The summed E-state index contributed by atoms with van der Waals surface area (Å²) in [6, 6.07) is 11.4. The van der Waals surface area contributed by atoms with Gasteiger partial charge in [-0.2, -0.15) is 0 Å². The lowest BCUT2D eigenvalue weighted by molar-refractivity contribution is 0.00578. The molecule has 3 aliphatic rings. The Balaban J connectivity index is 1.37. The SMILES string of the molecule is CC1OB(c2ccc3c(c2)OCc2c-3c(=O)oc3cc(B4OC(C)(C)C(C)(C)O4)ccc23)OC1(C)C. The lowest BCUT2D eigenvalue weighted by atomic mass is 9.77. The summed E-state index contributed by atoms with van der Waals surface area (Å²) in [6.07, 6.45) is -0.0411. The molecule has 0 radical (unpaired) electrons. The second kappa shape index (κ2) is 7.71. The summed E-state index contributed by atoms with van der Waals surface area (Å²) in [5.41, 5.74) is 2.49. The lowest BCUT2D eigenvalue weighted by Gasteiger charge is -2.32. The van der Waals surface area contributed by atoms with Gasteiger partial charge in [-0.05, 0) is 71.5 Å². The van der Waals surface area contributed by atoms with Gasteiger partial charge >= 0.3 is 19.9 Å². The highest BCUT2D eigenvalue weighted by Crippen LogP contribution is 2.39. The molecule has 0 spiro atoms. The molecule has 7 nitrogen and oxygen atoms in total. The number of hydrogen-bond donors (Lipinski definition) is 0. The van der Waals surface area contributed by atoms with Crippen LogP contribution in [0.2, 0.25) is 0 Å². The van der Waals surface area contributed by atoms with Crippen molar-refractivity contribution in [1.82, 2.24) is 0 Å². The van der Waals surface area contributed by atoms with Crippen LogP contribution in [0.5, 0.6) is 5.75 Å². The molecule has 0 bridgehead atoms. The van der Waals surface area contributed by atoms with Crippen LogP contribution in [0.4, 0.5) is 0 Å². The van der Waals surface area contributed by atoms with Crippen LogP contribution in [0.3, 0.4) is 0 Å². The molecule has 2 aromatic carbocycles. The maximum Gasteiger partial charge on any atom is 0.494 e. The second-order valence-electron chi connectivity index (χ2n) is 11.5. The van der Waals surface area contributed by atoms with Gasteiger partial charge < -0.3 is 27.8 Å². The quantitative estimate of drug-likeness (QED) is 0.404. The summed E-state index contributed by atoms with van der Waals surface area (Å²) in [5.74, 6) is 0.616. The molecule has 3 aliphatic heterocycles. The third-order valence-electron chi connectivity index (χ3n) is 8.20. The minimum Gasteiger partial charge on any atom is -0.488 e. The van der Waals surface area contributed by atoms with E-state index in [9.17, 15) is 4.79 Å². The van der Waals surface area contributed by atoms with Crippen molar-refractivity contribution in [2.45, 2.75) is 78.0 Å². The number of rotatable bonds is 2. The summed E-state index contributed by atoms with van der Waals surface area (Å²) in [6.45, 7) is 14.3. The van der Waals surface area contributed by atoms with Crippen molar-refractivity contribution in [3.8, 4) is 16.9 Å². The molecule has 2 fully saturated rings. The van der Waals surface area contributed by atoms with Gasteiger partial charge in [0.05, 0.1) is 28.5 Å². The first-order valence-electron chi connectivity index (χ1n) is 12.4. The zero-order valence-electron chi connectivity index (χ0n) is 21.8. The zero-order valence-corrected chi connectivity index (χ0v) is 21.8. The standard InChI is InChI=1S/C27H30B2O7/c1-15-25(2,3)34-28(33-15)16-9-11-19-21(12-16)31-14-20-18-10-8-17(13-22(18)32-24(30)23(19)20)29-35-26(4,5)27(6,7)36-29/h8-13,15H,14H2,1-7H3. The van der Waals surface area contributed by atoms with Gasteiger partial charge in [-0.3, -0.25) is 0 Å². The van der Waals surface area contributed by atoms with Gasteiger partial charge in [0, 0.05) is 16.5 Å². The highest BCUT2D eigenvalue weighted by molar-refractivity contribution is 6.62. The Morgan fingerprint density at radius 3 is 2.19 bits per heavy atom. The zero-order chi connectivity index (χ0) is 25.6. The number of hydrogen-bond acceptors (Lipinski definition) is 7. The molecule has 1 unspecified atom stereocenters. The van der Waals surface area contributed by atoms with Gasteiger partial charge in [0.2, 0.25) is 0 Å². The summed E-state index contributed by atoms with van der Waals surface area (Å²) >= 11 is 0. The maximum absolute atomic E-state index is 13.2. The Bertz CT molecular complexity index is 1430. The van der Waals surface area contributed by atoms with E-state index in [2.05, 4.69) is 0 Å². The topological polar surface area (TPSA) is 76.4 Å². The van der Waals surface area contributed by atoms with E-state index in [1.807, 2.05) is 84.9 Å². The van der Waals surface area contributed by atoms with Crippen LogP contribution in [-0.2, 0) is 25.2 Å². The Hall–Kier alpha value is -2.58. The third-order valence-corrected chi connectivity index (χ3v) is 8.20. The Morgan fingerprint density at radius 1 is 0.861 bits per heavy atom. The van der Waals surface area contributed by atoms with Gasteiger partial charge in [-0.1, -0.05) is 24.3 Å².